The summed E-state index contributed by atoms with van der Waals surface area (Å²) < 4.78 is 0. The molecule has 0 aliphatic rings. The zero-order valence-electron chi connectivity index (χ0n) is 6.53. The maximum absolute atomic E-state index is 8.56. The molecule has 0 unspecified atom stereocenters. The highest BCUT2D eigenvalue weighted by atomic mass is 35.5. The van der Waals surface area contributed by atoms with Crippen LogP contribution in [0.25, 0.3) is 0 Å². The van der Waals surface area contributed by atoms with Crippen molar-refractivity contribution in [1.82, 2.24) is 5.48 Å². The van der Waals surface area contributed by atoms with Crippen molar-refractivity contribution in [3.05, 3.63) is 28.8 Å². The number of hydrogen-bond acceptors (Lipinski definition) is 3. The molecule has 0 radical (unpaired) electrons. The van der Waals surface area contributed by atoms with E-state index in [9.17, 15) is 0 Å². The minimum Gasteiger partial charge on any atom is -0.290 e. The lowest BCUT2D eigenvalue weighted by atomic mass is 10.2. The van der Waals surface area contributed by atoms with E-state index in [1.165, 1.54) is 6.07 Å². The van der Waals surface area contributed by atoms with E-state index in [-0.39, 0.29) is 0 Å². The third-order valence-corrected chi connectivity index (χ3v) is 1.66. The molecule has 1 rings (SSSR count). The van der Waals surface area contributed by atoms with Crippen molar-refractivity contribution in [2.75, 3.05) is 0 Å². The Balaban J connectivity index is 2.97. The number of nitriles is 1. The molecular formula is C8H6ClN3O. The van der Waals surface area contributed by atoms with Crippen LogP contribution in [-0.4, -0.2) is 11.5 Å². The van der Waals surface area contributed by atoms with Crippen LogP contribution in [-0.2, 0) is 0 Å². The van der Waals surface area contributed by atoms with Gasteiger partial charge in [-0.2, -0.15) is 5.26 Å². The first-order chi connectivity index (χ1) is 6.27. The van der Waals surface area contributed by atoms with E-state index in [1.807, 2.05) is 6.07 Å². The second-order valence-electron chi connectivity index (χ2n) is 2.16. The SMILES string of the molecule is N#Cc1ccc(N=CNO)cc1Cl. The lowest BCUT2D eigenvalue weighted by Gasteiger charge is -1.96. The summed E-state index contributed by atoms with van der Waals surface area (Å²) in [6.07, 6.45) is 1.11. The highest BCUT2D eigenvalue weighted by Crippen LogP contribution is 2.21. The van der Waals surface area contributed by atoms with E-state index >= 15 is 0 Å². The van der Waals surface area contributed by atoms with Crippen LogP contribution in [0.5, 0.6) is 0 Å². The van der Waals surface area contributed by atoms with Gasteiger partial charge in [0, 0.05) is 0 Å². The molecule has 0 aliphatic heterocycles. The molecule has 1 aromatic carbocycles. The van der Waals surface area contributed by atoms with Gasteiger partial charge < -0.3 is 0 Å². The molecule has 0 aliphatic carbocycles. The van der Waals surface area contributed by atoms with Gasteiger partial charge in [0.1, 0.15) is 12.4 Å². The Labute approximate surface area is 80.1 Å². The van der Waals surface area contributed by atoms with Crippen molar-refractivity contribution >= 4 is 23.6 Å². The smallest absolute Gasteiger partial charge is 0.113 e. The summed E-state index contributed by atoms with van der Waals surface area (Å²) in [5, 5.41) is 17.1. The van der Waals surface area contributed by atoms with Crippen LogP contribution in [0.1, 0.15) is 5.56 Å². The maximum atomic E-state index is 8.56. The fraction of sp³-hybridized carbons (Fsp3) is 0. The van der Waals surface area contributed by atoms with Crippen LogP contribution in [0.3, 0.4) is 0 Å². The molecule has 66 valence electrons. The molecular weight excluding hydrogens is 190 g/mol. The van der Waals surface area contributed by atoms with Crippen LogP contribution in [0.2, 0.25) is 5.02 Å². The number of halogens is 1. The number of benzene rings is 1. The molecule has 13 heavy (non-hydrogen) atoms. The Morgan fingerprint density at radius 2 is 2.38 bits per heavy atom. The summed E-state index contributed by atoms with van der Waals surface area (Å²) in [7, 11) is 0. The minimum atomic E-state index is 0.343. The summed E-state index contributed by atoms with van der Waals surface area (Å²) in [4.78, 5) is 3.78. The molecule has 1 aromatic rings. The number of hydrogen-bond donors (Lipinski definition) is 2. The average molecular weight is 196 g/mol. The first-order valence-electron chi connectivity index (χ1n) is 3.39. The Hall–Kier alpha value is -1.57. The van der Waals surface area contributed by atoms with Crippen molar-refractivity contribution in [3.63, 3.8) is 0 Å². The van der Waals surface area contributed by atoms with Gasteiger partial charge in [0.15, 0.2) is 0 Å². The van der Waals surface area contributed by atoms with Crippen molar-refractivity contribution < 1.29 is 5.21 Å². The molecule has 0 bridgehead atoms. The van der Waals surface area contributed by atoms with E-state index in [0.29, 0.717) is 16.3 Å². The normalized spacial score (nSPS) is 9.92. The summed E-state index contributed by atoms with van der Waals surface area (Å²) in [6.45, 7) is 0. The third kappa shape index (κ3) is 2.44. The van der Waals surface area contributed by atoms with Crippen LogP contribution in [0, 0.1) is 11.3 Å². The molecule has 0 fully saturated rings. The maximum Gasteiger partial charge on any atom is 0.113 e. The van der Waals surface area contributed by atoms with Gasteiger partial charge in [-0.3, -0.25) is 10.7 Å². The monoisotopic (exact) mass is 195 g/mol. The second-order valence-corrected chi connectivity index (χ2v) is 2.57. The summed E-state index contributed by atoms with van der Waals surface area (Å²) in [6, 6.07) is 6.65. The van der Waals surface area contributed by atoms with Crippen molar-refractivity contribution in [3.8, 4) is 6.07 Å². The quantitative estimate of drug-likeness (QED) is 0.430. The highest BCUT2D eigenvalue weighted by molar-refractivity contribution is 6.32. The van der Waals surface area contributed by atoms with Gasteiger partial charge in [0.2, 0.25) is 0 Å². The van der Waals surface area contributed by atoms with Crippen LogP contribution in [0.15, 0.2) is 23.2 Å². The lowest BCUT2D eigenvalue weighted by Crippen LogP contribution is -2.00. The lowest BCUT2D eigenvalue weighted by molar-refractivity contribution is 0.240. The molecule has 0 atom stereocenters. The van der Waals surface area contributed by atoms with Gasteiger partial charge >= 0.3 is 0 Å². The number of nitrogens with zero attached hydrogens (tertiary/aromatic N) is 2. The summed E-state index contributed by atoms with van der Waals surface area (Å²) >= 11 is 5.73. The number of rotatable bonds is 2. The van der Waals surface area contributed by atoms with Crippen LogP contribution < -0.4 is 5.48 Å². The van der Waals surface area contributed by atoms with Crippen LogP contribution >= 0.6 is 11.6 Å². The minimum absolute atomic E-state index is 0.343. The van der Waals surface area contributed by atoms with Gasteiger partial charge in [-0.15, -0.1) is 0 Å². The number of aliphatic imine (C=N–C) groups is 1. The molecule has 0 spiro atoms. The van der Waals surface area contributed by atoms with Crippen LogP contribution in [0.4, 0.5) is 5.69 Å². The van der Waals surface area contributed by atoms with E-state index in [1.54, 1.807) is 17.6 Å². The predicted octanol–water partition coefficient (Wildman–Crippen LogP) is 1.85. The Bertz CT molecular complexity index is 370. The zero-order valence-corrected chi connectivity index (χ0v) is 7.28. The van der Waals surface area contributed by atoms with E-state index in [2.05, 4.69) is 4.99 Å². The Kier molecular flexibility index (Phi) is 3.26. The molecule has 5 heteroatoms. The topological polar surface area (TPSA) is 68.4 Å². The summed E-state index contributed by atoms with van der Waals surface area (Å²) in [5.74, 6) is 0. The van der Waals surface area contributed by atoms with Crippen molar-refractivity contribution in [1.29, 1.82) is 5.26 Å². The van der Waals surface area contributed by atoms with Gasteiger partial charge in [0.05, 0.1) is 16.3 Å². The first kappa shape index (κ1) is 9.52. The molecule has 2 N–H and O–H groups in total. The largest absolute Gasteiger partial charge is 0.290 e. The molecule has 0 amide bonds. The number of nitrogens with one attached hydrogen (secondary N) is 1. The molecule has 0 aromatic heterocycles. The van der Waals surface area contributed by atoms with E-state index in [0.717, 1.165) is 6.34 Å². The first-order valence-corrected chi connectivity index (χ1v) is 3.77. The number of hydroxylamine groups is 1. The fourth-order valence-electron chi connectivity index (χ4n) is 0.778. The van der Waals surface area contributed by atoms with Gasteiger partial charge in [-0.05, 0) is 18.2 Å². The highest BCUT2D eigenvalue weighted by Gasteiger charge is 1.98. The zero-order chi connectivity index (χ0) is 9.68. The average Bonchev–Trinajstić information content (AvgIpc) is 2.15. The van der Waals surface area contributed by atoms with Gasteiger partial charge in [0.25, 0.3) is 0 Å². The Morgan fingerprint density at radius 3 is 2.92 bits per heavy atom. The Morgan fingerprint density at radius 1 is 1.62 bits per heavy atom. The molecule has 0 heterocycles. The van der Waals surface area contributed by atoms with Crippen molar-refractivity contribution in [2.24, 2.45) is 4.99 Å². The van der Waals surface area contributed by atoms with Crippen molar-refractivity contribution in [2.45, 2.75) is 0 Å². The second kappa shape index (κ2) is 4.45. The third-order valence-electron chi connectivity index (χ3n) is 1.34. The van der Waals surface area contributed by atoms with E-state index < -0.39 is 0 Å². The summed E-state index contributed by atoms with van der Waals surface area (Å²) in [5.41, 5.74) is 2.73. The fourth-order valence-corrected chi connectivity index (χ4v) is 0.995. The standard InChI is InChI=1S/C8H6ClN3O/c9-8-3-7(11-5-12-13)2-1-6(8)4-10/h1-3,5,13H,(H,11,12). The molecule has 4 nitrogen and oxygen atoms in total. The molecule has 0 saturated heterocycles. The van der Waals surface area contributed by atoms with Gasteiger partial charge in [-0.25, -0.2) is 4.99 Å². The molecule has 0 saturated carbocycles. The van der Waals surface area contributed by atoms with Gasteiger partial charge in [-0.1, -0.05) is 11.6 Å². The predicted molar refractivity (Wildman–Crippen MR) is 49.2 cm³/mol. The van der Waals surface area contributed by atoms with E-state index in [4.69, 9.17) is 22.1 Å².